The summed E-state index contributed by atoms with van der Waals surface area (Å²) in [6.07, 6.45) is 0. The molecule has 2 nitrogen and oxygen atoms in total. The predicted molar refractivity (Wildman–Crippen MR) is 30.1 cm³/mol. The monoisotopic (exact) mass is 180 g/mol. The molecular weight excluding hydrogens is 178 g/mol. The van der Waals surface area contributed by atoms with Gasteiger partial charge in [0, 0.05) is 0 Å². The lowest BCUT2D eigenvalue weighted by atomic mass is 10.2. The van der Waals surface area contributed by atoms with Gasteiger partial charge < -0.3 is 10.8 Å². The average Bonchev–Trinajstić information content (AvgIpc) is 2.08. The van der Waals surface area contributed by atoms with Gasteiger partial charge in [-0.15, -0.1) is 0 Å². The summed E-state index contributed by atoms with van der Waals surface area (Å²) < 4.78 is 49.2. The van der Waals surface area contributed by atoms with Crippen LogP contribution in [-0.2, 0) is 0 Å². The first-order chi connectivity index (χ1) is 5.46. The number of nitrogens with two attached hydrogens (primary N) is 1. The van der Waals surface area contributed by atoms with Gasteiger partial charge in [-0.2, -0.15) is 0 Å². The van der Waals surface area contributed by atoms with Gasteiger partial charge in [-0.1, -0.05) is 0 Å². The van der Waals surface area contributed by atoms with Crippen LogP contribution in [0.4, 0.5) is 23.2 Å². The summed E-state index contributed by atoms with van der Waals surface area (Å²) in [5.41, 5.74) is 3.25. The van der Waals surface area contributed by atoms with Crippen molar-refractivity contribution in [2.45, 2.75) is 0 Å². The zero-order valence-corrected chi connectivity index (χ0v) is 5.50. The molecule has 0 saturated heterocycles. The highest BCUT2D eigenvalue weighted by Gasteiger charge is 2.17. The summed E-state index contributed by atoms with van der Waals surface area (Å²) in [5.74, 6) is -9.70. The molecule has 1 aromatic rings. The summed E-state index contributed by atoms with van der Waals surface area (Å²) >= 11 is 0. The Balaban J connectivity index is 3.60. The van der Waals surface area contributed by atoms with E-state index in [9.17, 15) is 22.7 Å². The van der Waals surface area contributed by atoms with Crippen LogP contribution in [0.3, 0.4) is 0 Å². The molecule has 0 bridgehead atoms. The van der Waals surface area contributed by atoms with E-state index in [2.05, 4.69) is 5.73 Å². The number of rotatable bonds is 0. The SMILES string of the molecule is Nc1c(F)c(F)c([O-])c(F)c1F. The smallest absolute Gasteiger partial charge is 0.184 e. The Hall–Kier alpha value is -1.46. The first-order valence-electron chi connectivity index (χ1n) is 2.75. The van der Waals surface area contributed by atoms with Crippen molar-refractivity contribution in [3.8, 4) is 5.75 Å². The standard InChI is InChI=1S/C6H3F4NO/c7-1-3(9)6(12)4(10)2(8)5(1)11/h12H,11H2/p-1. The van der Waals surface area contributed by atoms with Gasteiger partial charge in [-0.05, 0) is 5.75 Å². The van der Waals surface area contributed by atoms with Crippen molar-refractivity contribution in [3.05, 3.63) is 23.3 Å². The molecule has 0 aliphatic rings. The zero-order chi connectivity index (χ0) is 9.46. The number of halogens is 4. The van der Waals surface area contributed by atoms with E-state index in [-0.39, 0.29) is 0 Å². The molecule has 0 amide bonds. The highest BCUT2D eigenvalue weighted by molar-refractivity contribution is 5.46. The van der Waals surface area contributed by atoms with Crippen LogP contribution in [0.2, 0.25) is 0 Å². The molecule has 0 aromatic heterocycles. The maximum absolute atomic E-state index is 12.3. The first-order valence-corrected chi connectivity index (χ1v) is 2.75. The molecule has 12 heavy (non-hydrogen) atoms. The number of hydrogen-bond acceptors (Lipinski definition) is 2. The molecule has 0 aliphatic heterocycles. The van der Waals surface area contributed by atoms with Crippen LogP contribution in [0.25, 0.3) is 0 Å². The third-order valence-electron chi connectivity index (χ3n) is 1.26. The van der Waals surface area contributed by atoms with Crippen LogP contribution < -0.4 is 10.8 Å². The van der Waals surface area contributed by atoms with Crippen molar-refractivity contribution >= 4 is 5.69 Å². The van der Waals surface area contributed by atoms with Gasteiger partial charge in [-0.3, -0.25) is 0 Å². The number of hydrogen-bond donors (Lipinski definition) is 1. The summed E-state index contributed by atoms with van der Waals surface area (Å²) in [5, 5.41) is 10.3. The number of benzene rings is 1. The number of nitrogen functional groups attached to an aromatic ring is 1. The van der Waals surface area contributed by atoms with E-state index in [0.29, 0.717) is 0 Å². The third kappa shape index (κ3) is 0.956. The van der Waals surface area contributed by atoms with Gasteiger partial charge in [-0.25, -0.2) is 17.6 Å². The molecule has 1 aromatic carbocycles. The summed E-state index contributed by atoms with van der Waals surface area (Å²) in [4.78, 5) is 0. The highest BCUT2D eigenvalue weighted by Crippen LogP contribution is 2.27. The van der Waals surface area contributed by atoms with Gasteiger partial charge in [0.2, 0.25) is 0 Å². The van der Waals surface area contributed by atoms with E-state index in [1.807, 2.05) is 0 Å². The van der Waals surface area contributed by atoms with E-state index >= 15 is 0 Å². The minimum atomic E-state index is -2.01. The van der Waals surface area contributed by atoms with Crippen molar-refractivity contribution in [2.75, 3.05) is 5.73 Å². The quantitative estimate of drug-likeness (QED) is 0.366. The summed E-state index contributed by atoms with van der Waals surface area (Å²) in [7, 11) is 0. The fourth-order valence-electron chi connectivity index (χ4n) is 0.629. The van der Waals surface area contributed by atoms with Crippen molar-refractivity contribution in [1.29, 1.82) is 0 Å². The Labute approximate surface area is 64.2 Å². The second kappa shape index (κ2) is 2.54. The normalized spacial score (nSPS) is 10.3. The molecular formula is C6H2F4NO-. The lowest BCUT2D eigenvalue weighted by Gasteiger charge is -2.11. The van der Waals surface area contributed by atoms with Crippen LogP contribution in [0.15, 0.2) is 0 Å². The summed E-state index contributed by atoms with van der Waals surface area (Å²) in [6.45, 7) is 0. The molecule has 6 heteroatoms. The zero-order valence-electron chi connectivity index (χ0n) is 5.50. The lowest BCUT2D eigenvalue weighted by molar-refractivity contribution is -0.277. The molecule has 1 rings (SSSR count). The van der Waals surface area contributed by atoms with Gasteiger partial charge in [0.25, 0.3) is 0 Å². The van der Waals surface area contributed by atoms with Crippen LogP contribution in [0.1, 0.15) is 0 Å². The third-order valence-corrected chi connectivity index (χ3v) is 1.26. The molecule has 0 aliphatic carbocycles. The largest absolute Gasteiger partial charge is 0.868 e. The van der Waals surface area contributed by atoms with Crippen LogP contribution >= 0.6 is 0 Å². The van der Waals surface area contributed by atoms with Crippen molar-refractivity contribution in [1.82, 2.24) is 0 Å². The summed E-state index contributed by atoms with van der Waals surface area (Å²) in [6, 6.07) is 0. The second-order valence-electron chi connectivity index (χ2n) is 2.00. The Morgan fingerprint density at radius 3 is 1.50 bits per heavy atom. The molecule has 0 unspecified atom stereocenters. The molecule has 0 fully saturated rings. The van der Waals surface area contributed by atoms with E-state index in [1.54, 1.807) is 0 Å². The Kier molecular flexibility index (Phi) is 1.83. The lowest BCUT2D eigenvalue weighted by Crippen LogP contribution is -2.08. The molecule has 0 radical (unpaired) electrons. The van der Waals surface area contributed by atoms with Gasteiger partial charge in [0.05, 0.1) is 0 Å². The van der Waals surface area contributed by atoms with Gasteiger partial charge in [0.15, 0.2) is 23.3 Å². The highest BCUT2D eigenvalue weighted by atomic mass is 19.2. The van der Waals surface area contributed by atoms with E-state index < -0.39 is 34.7 Å². The van der Waals surface area contributed by atoms with Crippen molar-refractivity contribution < 1.29 is 22.7 Å². The van der Waals surface area contributed by atoms with Gasteiger partial charge >= 0.3 is 0 Å². The maximum atomic E-state index is 12.3. The fraction of sp³-hybridized carbons (Fsp3) is 0. The molecule has 0 heterocycles. The Morgan fingerprint density at radius 1 is 0.833 bits per heavy atom. The molecule has 2 N–H and O–H groups in total. The Bertz CT molecular complexity index is 234. The molecule has 0 atom stereocenters. The van der Waals surface area contributed by atoms with Crippen LogP contribution in [0, 0.1) is 23.3 Å². The molecule has 0 spiro atoms. The van der Waals surface area contributed by atoms with Gasteiger partial charge in [0.1, 0.15) is 5.69 Å². The first kappa shape index (κ1) is 8.63. The van der Waals surface area contributed by atoms with Crippen LogP contribution in [0.5, 0.6) is 5.75 Å². The number of anilines is 1. The second-order valence-corrected chi connectivity index (χ2v) is 2.00. The van der Waals surface area contributed by atoms with E-state index in [4.69, 9.17) is 0 Å². The van der Waals surface area contributed by atoms with Crippen molar-refractivity contribution in [3.63, 3.8) is 0 Å². The topological polar surface area (TPSA) is 49.1 Å². The Morgan fingerprint density at radius 2 is 1.17 bits per heavy atom. The van der Waals surface area contributed by atoms with Crippen LogP contribution in [-0.4, -0.2) is 0 Å². The molecule has 0 saturated carbocycles. The predicted octanol–water partition coefficient (Wildman–Crippen LogP) is 0.899. The van der Waals surface area contributed by atoms with E-state index in [0.717, 1.165) is 0 Å². The fourth-order valence-corrected chi connectivity index (χ4v) is 0.629. The minimum absolute atomic E-state index is 1.33. The maximum Gasteiger partial charge on any atom is 0.184 e. The average molecular weight is 180 g/mol. The molecule has 66 valence electrons. The minimum Gasteiger partial charge on any atom is -0.868 e. The van der Waals surface area contributed by atoms with E-state index in [1.165, 1.54) is 0 Å². The van der Waals surface area contributed by atoms with Crippen molar-refractivity contribution in [2.24, 2.45) is 0 Å².